The lowest BCUT2D eigenvalue weighted by molar-refractivity contribution is 0.565. The van der Waals surface area contributed by atoms with Gasteiger partial charge in [0.1, 0.15) is 23.2 Å². The van der Waals surface area contributed by atoms with Gasteiger partial charge in [-0.15, -0.1) is 0 Å². The molecule has 0 radical (unpaired) electrons. The van der Waals surface area contributed by atoms with Crippen molar-refractivity contribution in [1.29, 1.82) is 0 Å². The van der Waals surface area contributed by atoms with Crippen LogP contribution in [0.4, 0.5) is 5.95 Å². The van der Waals surface area contributed by atoms with Crippen molar-refractivity contribution in [3.05, 3.63) is 156 Å². The number of unbranched alkanes of at least 4 members (excludes halogenated alkanes) is 3. The third-order valence-corrected chi connectivity index (χ3v) is 17.5. The van der Waals surface area contributed by atoms with Crippen LogP contribution < -0.4 is 32.8 Å². The zero-order chi connectivity index (χ0) is 39.9. The van der Waals surface area contributed by atoms with E-state index in [2.05, 4.69) is 101 Å². The van der Waals surface area contributed by atoms with Gasteiger partial charge in [0.15, 0.2) is 5.95 Å². The fourth-order valence-electron chi connectivity index (χ4n) is 9.36. The number of rotatable bonds is 10. The van der Waals surface area contributed by atoms with Crippen molar-refractivity contribution in [1.82, 2.24) is 14.5 Å². The van der Waals surface area contributed by atoms with Crippen molar-refractivity contribution in [3.63, 3.8) is 0 Å². The Balaban J connectivity index is 1.02. The number of nitrogens with two attached hydrogens (primary N) is 1. The van der Waals surface area contributed by atoms with Crippen LogP contribution in [0.25, 0.3) is 64.9 Å². The van der Waals surface area contributed by atoms with Gasteiger partial charge in [0.2, 0.25) is 0 Å². The Morgan fingerprint density at radius 3 is 1.50 bits per heavy atom. The monoisotopic (exact) mass is 857 g/mol. The van der Waals surface area contributed by atoms with E-state index in [0.29, 0.717) is 80.6 Å². The summed E-state index contributed by atoms with van der Waals surface area (Å²) in [5.41, 5.74) is 6.59. The maximum atomic E-state index is 14.4. The lowest BCUT2D eigenvalue weighted by atomic mass is 9.87. The minimum atomic E-state index is -1.95. The Labute approximate surface area is 353 Å². The summed E-state index contributed by atoms with van der Waals surface area (Å²) >= 11 is 28.4. The van der Waals surface area contributed by atoms with Crippen LogP contribution in [-0.4, -0.2) is 20.7 Å². The summed E-state index contributed by atoms with van der Waals surface area (Å²) < 4.78 is 1.34. The molecule has 0 aliphatic carbocycles. The number of benzene rings is 8. The first kappa shape index (κ1) is 37.3. The molecule has 8 aromatic carbocycles. The van der Waals surface area contributed by atoms with Crippen LogP contribution >= 0.6 is 53.7 Å². The van der Waals surface area contributed by atoms with E-state index in [-0.39, 0.29) is 23.6 Å². The van der Waals surface area contributed by atoms with E-state index in [4.69, 9.17) is 52.1 Å². The molecule has 6 nitrogen and oxygen atoms in total. The number of hydrogen-bond donors (Lipinski definition) is 2. The molecule has 3 N–H and O–H groups in total. The van der Waals surface area contributed by atoms with Crippen molar-refractivity contribution < 1.29 is 0 Å². The second kappa shape index (κ2) is 14.4. The van der Waals surface area contributed by atoms with Crippen molar-refractivity contribution in [3.8, 4) is 0 Å². The first-order chi connectivity index (χ1) is 28.2. The Kier molecular flexibility index (Phi) is 9.27. The minimum absolute atomic E-state index is 0.215. The number of nitrogen functional groups attached to an aromatic ring is 1. The molecule has 0 saturated carbocycles. The summed E-state index contributed by atoms with van der Waals surface area (Å²) in [6.45, 7) is 0.273. The zero-order valence-electron chi connectivity index (χ0n) is 31.0. The predicted molar refractivity (Wildman–Crippen MR) is 249 cm³/mol. The van der Waals surface area contributed by atoms with Crippen molar-refractivity contribution >= 4 is 140 Å². The van der Waals surface area contributed by atoms with Gasteiger partial charge in [0, 0.05) is 59.7 Å². The van der Waals surface area contributed by atoms with Crippen LogP contribution in [0.5, 0.6) is 0 Å². The van der Waals surface area contributed by atoms with E-state index < -0.39 is 7.26 Å². The van der Waals surface area contributed by atoms with Gasteiger partial charge in [-0.2, -0.15) is 0 Å². The van der Waals surface area contributed by atoms with Crippen LogP contribution in [-0.2, 0) is 6.54 Å². The molecule has 10 aromatic rings. The molecule has 0 aliphatic heterocycles. The van der Waals surface area contributed by atoms with Gasteiger partial charge < -0.3 is 10.7 Å². The number of H-pyrrole nitrogens is 1. The number of nitrogens with one attached hydrogen (secondary N) is 1. The van der Waals surface area contributed by atoms with Crippen LogP contribution in [0.3, 0.4) is 0 Å². The van der Waals surface area contributed by atoms with E-state index in [9.17, 15) is 9.59 Å². The predicted octanol–water partition coefficient (Wildman–Crippen LogP) is 11.5. The highest BCUT2D eigenvalue weighted by atomic mass is 35.5. The molecule has 58 heavy (non-hydrogen) atoms. The second-order valence-corrected chi connectivity index (χ2v) is 20.2. The molecule has 0 unspecified atom stereocenters. The maximum Gasteiger partial charge on any atom is 0.261 e. The third kappa shape index (κ3) is 5.61. The van der Waals surface area contributed by atoms with Crippen LogP contribution in [0.1, 0.15) is 25.7 Å². The Hall–Kier alpha value is -4.94. The topological polar surface area (TPSA) is 93.8 Å². The molecule has 0 atom stereocenters. The smallest absolute Gasteiger partial charge is 0.261 e. The van der Waals surface area contributed by atoms with E-state index in [0.717, 1.165) is 36.2 Å². The van der Waals surface area contributed by atoms with E-state index in [1.807, 2.05) is 0 Å². The molecule has 11 heteroatoms. The van der Waals surface area contributed by atoms with Gasteiger partial charge in [0.25, 0.3) is 11.1 Å². The highest BCUT2D eigenvalue weighted by Gasteiger charge is 2.44. The molecule has 0 bridgehead atoms. The number of halogens is 4. The number of hydrogen-bond acceptors (Lipinski definition) is 4. The fourth-order valence-corrected chi connectivity index (χ4v) is 15.0. The van der Waals surface area contributed by atoms with E-state index in [1.54, 1.807) is 24.3 Å². The zero-order valence-corrected chi connectivity index (χ0v) is 34.9. The number of nitrogens with zero attached hydrogens (tertiary/aromatic N) is 2. The normalized spacial score (nSPS) is 12.4. The molecular weight excluding hydrogens is 825 g/mol. The Bertz CT molecular complexity index is 3100. The molecule has 0 saturated heterocycles. The lowest BCUT2D eigenvalue weighted by Crippen LogP contribution is -2.33. The average molecular weight is 860 g/mol. The fraction of sp³-hybridized carbons (Fsp3) is 0.128. The number of aromatic nitrogens is 3. The Morgan fingerprint density at radius 1 is 0.534 bits per heavy atom. The first-order valence-corrected chi connectivity index (χ1v) is 22.7. The van der Waals surface area contributed by atoms with Gasteiger partial charge in [0.05, 0.1) is 38.0 Å². The number of aromatic amines is 1. The van der Waals surface area contributed by atoms with Gasteiger partial charge in [-0.3, -0.25) is 14.2 Å². The Morgan fingerprint density at radius 2 is 0.983 bits per heavy atom. The van der Waals surface area contributed by atoms with Gasteiger partial charge >= 0.3 is 0 Å². The lowest BCUT2D eigenvalue weighted by Gasteiger charge is -2.27. The van der Waals surface area contributed by atoms with Gasteiger partial charge in [-0.25, -0.2) is 4.98 Å². The molecule has 0 amide bonds. The van der Waals surface area contributed by atoms with Crippen molar-refractivity contribution in [2.45, 2.75) is 32.2 Å². The van der Waals surface area contributed by atoms with Gasteiger partial charge in [-0.05, 0) is 79.9 Å². The maximum absolute atomic E-state index is 14.4. The number of fused-ring (bicyclic) bond motifs is 2. The number of pyridine rings is 1. The summed E-state index contributed by atoms with van der Waals surface area (Å²) in [7, 11) is -1.95. The molecular formula is C47H34Cl4N4O2P+. The minimum Gasteiger partial charge on any atom is -0.369 e. The highest BCUT2D eigenvalue weighted by Crippen LogP contribution is 2.56. The molecule has 2 aromatic heterocycles. The summed E-state index contributed by atoms with van der Waals surface area (Å²) in [4.78, 5) is 36.4. The van der Waals surface area contributed by atoms with Gasteiger partial charge in [-0.1, -0.05) is 107 Å². The summed E-state index contributed by atoms with van der Waals surface area (Å²) in [6, 6.07) is 39.5. The first-order valence-electron chi connectivity index (χ1n) is 19.2. The molecule has 0 fully saturated rings. The molecule has 286 valence electrons. The average Bonchev–Trinajstić information content (AvgIpc) is 3.23. The second-order valence-electron chi connectivity index (χ2n) is 14.9. The quantitative estimate of drug-likeness (QED) is 0.0620. The summed E-state index contributed by atoms with van der Waals surface area (Å²) in [5, 5.41) is 11.2. The van der Waals surface area contributed by atoms with Crippen LogP contribution in [0.2, 0.25) is 20.1 Å². The van der Waals surface area contributed by atoms with E-state index in [1.165, 1.54) is 20.5 Å². The molecule has 10 rings (SSSR count). The number of anilines is 1. The van der Waals surface area contributed by atoms with Crippen LogP contribution in [0, 0.1) is 0 Å². The third-order valence-electron chi connectivity index (χ3n) is 11.8. The van der Waals surface area contributed by atoms with Crippen molar-refractivity contribution in [2.24, 2.45) is 0 Å². The SMILES string of the molecule is Nc1nc2cc(Cl)c3c4c(Cl)cc5c(=O)n(CCCCCC[P+](c6ccccc6)(c6ccccc6)c6ccccc6)c(=O)c6cc(Cl)c(c7c(Cl)cc([nH]1)c2c37)c4c56. The van der Waals surface area contributed by atoms with Crippen molar-refractivity contribution in [2.75, 3.05) is 11.9 Å². The molecule has 2 heterocycles. The standard InChI is InChI=1S/C47H33Cl4N4O2P/c48-31-22-29-37-30(23-32(49)39-41-34(51)25-36-42-35(53-47(52)54-36)24-33(50)40(44(41)42)38(31)43(37)39)46(57)55(45(29)56)20-12-1-2-13-21-58(26-14-6-3-7-15-26,27-16-8-4-9-17-27)28-18-10-5-11-19-28/h3-11,14-19,22-25H,1-2,12-13,20-21H2,(H2-,52,53,54,56,57)/p+1. The van der Waals surface area contributed by atoms with E-state index >= 15 is 0 Å². The molecule has 0 spiro atoms. The van der Waals surface area contributed by atoms with Crippen LogP contribution in [0.15, 0.2) is 125 Å². The summed E-state index contributed by atoms with van der Waals surface area (Å²) in [6.07, 6.45) is 4.46. The highest BCUT2D eigenvalue weighted by molar-refractivity contribution is 7.95. The largest absolute Gasteiger partial charge is 0.369 e. The summed E-state index contributed by atoms with van der Waals surface area (Å²) in [5.74, 6) is 0.215. The molecule has 0 aliphatic rings.